The Morgan fingerprint density at radius 1 is 1.75 bits per heavy atom. The van der Waals surface area contributed by atoms with Gasteiger partial charge in [0.05, 0.1) is 6.61 Å². The number of ether oxygens (including phenoxy) is 1. The second-order valence-electron chi connectivity index (χ2n) is 2.22. The summed E-state index contributed by atoms with van der Waals surface area (Å²) in [5, 5.41) is 7.12. The van der Waals surface area contributed by atoms with E-state index in [1.54, 1.807) is 18.3 Å². The predicted molar refractivity (Wildman–Crippen MR) is 46.4 cm³/mol. The van der Waals surface area contributed by atoms with Crippen LogP contribution in [0.15, 0.2) is 18.3 Å². The van der Waals surface area contributed by atoms with Gasteiger partial charge in [-0.15, -0.1) is 0 Å². The first kappa shape index (κ1) is 8.52. The van der Waals surface area contributed by atoms with Gasteiger partial charge in [0.15, 0.2) is 0 Å². The third kappa shape index (κ3) is 1.95. The highest BCUT2D eigenvalue weighted by atomic mass is 16.5. The van der Waals surface area contributed by atoms with Gasteiger partial charge in [-0.2, -0.15) is 0 Å². The van der Waals surface area contributed by atoms with E-state index in [-0.39, 0.29) is 5.84 Å². The fourth-order valence-electron chi connectivity index (χ4n) is 0.815. The molecular formula is C8H11N3O. The second kappa shape index (κ2) is 3.71. The van der Waals surface area contributed by atoms with Crippen LogP contribution in [0.25, 0.3) is 0 Å². The zero-order valence-corrected chi connectivity index (χ0v) is 6.87. The fourth-order valence-corrected chi connectivity index (χ4v) is 0.815. The van der Waals surface area contributed by atoms with E-state index in [1.165, 1.54) is 0 Å². The summed E-state index contributed by atoms with van der Waals surface area (Å²) in [7, 11) is 0. The molecule has 0 aliphatic carbocycles. The van der Waals surface area contributed by atoms with Gasteiger partial charge in [-0.05, 0) is 13.0 Å². The van der Waals surface area contributed by atoms with Crippen molar-refractivity contribution in [3.63, 3.8) is 0 Å². The Bertz CT molecular complexity index is 285. The lowest BCUT2D eigenvalue weighted by molar-refractivity contribution is 0.340. The molecule has 64 valence electrons. The summed E-state index contributed by atoms with van der Waals surface area (Å²) in [5.74, 6) is 0.647. The summed E-state index contributed by atoms with van der Waals surface area (Å²) in [6, 6.07) is 3.38. The molecule has 1 aromatic heterocycles. The lowest BCUT2D eigenvalue weighted by Crippen LogP contribution is -2.12. The van der Waals surface area contributed by atoms with Crippen LogP contribution in [0.2, 0.25) is 0 Å². The highest BCUT2D eigenvalue weighted by molar-refractivity contribution is 5.93. The van der Waals surface area contributed by atoms with E-state index in [1.807, 2.05) is 6.92 Å². The van der Waals surface area contributed by atoms with Crippen molar-refractivity contribution in [3.8, 4) is 5.75 Å². The maximum atomic E-state index is 7.12. The largest absolute Gasteiger partial charge is 0.494 e. The summed E-state index contributed by atoms with van der Waals surface area (Å²) in [6.45, 7) is 2.50. The van der Waals surface area contributed by atoms with Gasteiger partial charge in [-0.1, -0.05) is 0 Å². The molecule has 0 aliphatic heterocycles. The number of pyridine rings is 1. The quantitative estimate of drug-likeness (QED) is 0.513. The Morgan fingerprint density at radius 2 is 2.50 bits per heavy atom. The average molecular weight is 165 g/mol. The van der Waals surface area contributed by atoms with Gasteiger partial charge in [0.25, 0.3) is 0 Å². The van der Waals surface area contributed by atoms with Gasteiger partial charge in [0, 0.05) is 12.3 Å². The Kier molecular flexibility index (Phi) is 2.63. The molecule has 0 saturated heterocycles. The monoisotopic (exact) mass is 165 g/mol. The van der Waals surface area contributed by atoms with E-state index in [9.17, 15) is 0 Å². The maximum Gasteiger partial charge on any atom is 0.141 e. The Balaban J connectivity index is 2.88. The molecule has 0 unspecified atom stereocenters. The molecule has 0 radical (unpaired) electrons. The molecule has 0 bridgehead atoms. The molecule has 1 aromatic rings. The number of hydrogen-bond acceptors (Lipinski definition) is 3. The van der Waals surface area contributed by atoms with Crippen LogP contribution >= 0.6 is 0 Å². The molecule has 0 amide bonds. The number of nitrogen functional groups attached to an aromatic ring is 1. The summed E-state index contributed by atoms with van der Waals surface area (Å²) < 4.78 is 5.20. The molecular weight excluding hydrogens is 154 g/mol. The van der Waals surface area contributed by atoms with Crippen molar-refractivity contribution in [1.29, 1.82) is 5.41 Å². The molecule has 1 rings (SSSR count). The topological polar surface area (TPSA) is 72.0 Å². The SMILES string of the molecule is CCOc1ccnc(C(=N)N)c1. The van der Waals surface area contributed by atoms with Crippen LogP contribution in [-0.4, -0.2) is 17.4 Å². The van der Waals surface area contributed by atoms with Crippen LogP contribution in [0.4, 0.5) is 0 Å². The minimum absolute atomic E-state index is 0.0449. The van der Waals surface area contributed by atoms with Crippen LogP contribution in [0.1, 0.15) is 12.6 Å². The number of amidine groups is 1. The minimum Gasteiger partial charge on any atom is -0.494 e. The molecule has 3 N–H and O–H groups in total. The van der Waals surface area contributed by atoms with Crippen molar-refractivity contribution in [2.45, 2.75) is 6.92 Å². The summed E-state index contributed by atoms with van der Waals surface area (Å²) >= 11 is 0. The predicted octanol–water partition coefficient (Wildman–Crippen LogP) is 0.764. The van der Waals surface area contributed by atoms with E-state index < -0.39 is 0 Å². The molecule has 0 saturated carbocycles. The first-order valence-corrected chi connectivity index (χ1v) is 3.67. The molecule has 12 heavy (non-hydrogen) atoms. The zero-order valence-electron chi connectivity index (χ0n) is 6.87. The fraction of sp³-hybridized carbons (Fsp3) is 0.250. The highest BCUT2D eigenvalue weighted by Gasteiger charge is 1.99. The molecule has 0 atom stereocenters. The Hall–Kier alpha value is -1.58. The standard InChI is InChI=1S/C8H11N3O/c1-2-12-6-3-4-11-7(5-6)8(9)10/h3-5H,2H2,1H3,(H3,9,10). The van der Waals surface area contributed by atoms with Crippen LogP contribution in [0.3, 0.4) is 0 Å². The third-order valence-corrected chi connectivity index (χ3v) is 1.32. The van der Waals surface area contributed by atoms with E-state index in [2.05, 4.69) is 4.98 Å². The lowest BCUT2D eigenvalue weighted by Gasteiger charge is -2.03. The van der Waals surface area contributed by atoms with Crippen molar-refractivity contribution in [3.05, 3.63) is 24.0 Å². The lowest BCUT2D eigenvalue weighted by atomic mass is 10.3. The van der Waals surface area contributed by atoms with Gasteiger partial charge in [-0.3, -0.25) is 10.4 Å². The van der Waals surface area contributed by atoms with Gasteiger partial charge in [0.2, 0.25) is 0 Å². The van der Waals surface area contributed by atoms with E-state index in [0.29, 0.717) is 18.1 Å². The van der Waals surface area contributed by atoms with Crippen LogP contribution in [0, 0.1) is 5.41 Å². The van der Waals surface area contributed by atoms with E-state index in [4.69, 9.17) is 15.9 Å². The van der Waals surface area contributed by atoms with Crippen molar-refractivity contribution >= 4 is 5.84 Å². The molecule has 0 fully saturated rings. The molecule has 4 heteroatoms. The number of nitrogens with two attached hydrogens (primary N) is 1. The number of rotatable bonds is 3. The number of aromatic nitrogens is 1. The first-order valence-electron chi connectivity index (χ1n) is 3.67. The zero-order chi connectivity index (χ0) is 8.97. The normalized spacial score (nSPS) is 9.42. The minimum atomic E-state index is -0.0449. The highest BCUT2D eigenvalue weighted by Crippen LogP contribution is 2.09. The van der Waals surface area contributed by atoms with Gasteiger partial charge < -0.3 is 10.5 Å². The van der Waals surface area contributed by atoms with Crippen LogP contribution < -0.4 is 10.5 Å². The molecule has 4 nitrogen and oxygen atoms in total. The molecule has 0 spiro atoms. The van der Waals surface area contributed by atoms with Crippen LogP contribution in [-0.2, 0) is 0 Å². The molecule has 1 heterocycles. The molecule has 0 aliphatic rings. The third-order valence-electron chi connectivity index (χ3n) is 1.32. The number of nitrogens with one attached hydrogen (secondary N) is 1. The molecule has 0 aromatic carbocycles. The summed E-state index contributed by atoms with van der Waals surface area (Å²) in [5.41, 5.74) is 5.69. The smallest absolute Gasteiger partial charge is 0.141 e. The van der Waals surface area contributed by atoms with Crippen molar-refractivity contribution in [2.24, 2.45) is 5.73 Å². The van der Waals surface area contributed by atoms with E-state index in [0.717, 1.165) is 0 Å². The summed E-state index contributed by atoms with van der Waals surface area (Å²) in [4.78, 5) is 3.89. The number of hydrogen-bond donors (Lipinski definition) is 2. The van der Waals surface area contributed by atoms with E-state index >= 15 is 0 Å². The van der Waals surface area contributed by atoms with Gasteiger partial charge in [0.1, 0.15) is 17.3 Å². The Labute approximate surface area is 70.9 Å². The Morgan fingerprint density at radius 3 is 3.08 bits per heavy atom. The first-order chi connectivity index (χ1) is 5.74. The van der Waals surface area contributed by atoms with Crippen molar-refractivity contribution in [1.82, 2.24) is 4.98 Å². The average Bonchev–Trinajstić information content (AvgIpc) is 2.05. The number of nitrogens with zero attached hydrogens (tertiary/aromatic N) is 1. The van der Waals surface area contributed by atoms with Crippen molar-refractivity contribution < 1.29 is 4.74 Å². The summed E-state index contributed by atoms with van der Waals surface area (Å²) in [6.07, 6.45) is 1.57. The van der Waals surface area contributed by atoms with Gasteiger partial charge in [-0.25, -0.2) is 0 Å². The van der Waals surface area contributed by atoms with Crippen molar-refractivity contribution in [2.75, 3.05) is 6.61 Å². The maximum absolute atomic E-state index is 7.12. The van der Waals surface area contributed by atoms with Gasteiger partial charge >= 0.3 is 0 Å². The second-order valence-corrected chi connectivity index (χ2v) is 2.22. The van der Waals surface area contributed by atoms with Crippen LogP contribution in [0.5, 0.6) is 5.75 Å².